The van der Waals surface area contributed by atoms with Gasteiger partial charge in [0.2, 0.25) is 10.0 Å². The van der Waals surface area contributed by atoms with E-state index in [9.17, 15) is 8.42 Å². The third-order valence-electron chi connectivity index (χ3n) is 2.43. The first-order valence-corrected chi connectivity index (χ1v) is 7.96. The first kappa shape index (κ1) is 15.0. The Hall–Kier alpha value is -1.03. The summed E-state index contributed by atoms with van der Waals surface area (Å²) in [5.41, 5.74) is 2.10. The summed E-state index contributed by atoms with van der Waals surface area (Å²) in [4.78, 5) is 0. The molecule has 1 rings (SSSR count). The zero-order valence-electron chi connectivity index (χ0n) is 11.7. The number of hydrogen-bond donors (Lipinski definition) is 1. The van der Waals surface area contributed by atoms with Crippen LogP contribution in [0.5, 0.6) is 0 Å². The van der Waals surface area contributed by atoms with Crippen molar-refractivity contribution in [2.24, 2.45) is 5.41 Å². The Morgan fingerprint density at radius 2 is 1.67 bits per heavy atom. The van der Waals surface area contributed by atoms with Crippen molar-refractivity contribution in [1.82, 2.24) is 0 Å². The fourth-order valence-corrected chi connectivity index (χ4v) is 2.94. The summed E-state index contributed by atoms with van der Waals surface area (Å²) in [5.74, 6) is 0.163. The van der Waals surface area contributed by atoms with Crippen molar-refractivity contribution in [2.45, 2.75) is 40.5 Å². The molecule has 0 saturated heterocycles. The van der Waals surface area contributed by atoms with Gasteiger partial charge in [0.05, 0.1) is 5.75 Å². The van der Waals surface area contributed by atoms with Crippen LogP contribution in [0.1, 0.15) is 39.7 Å². The van der Waals surface area contributed by atoms with Gasteiger partial charge in [0.15, 0.2) is 0 Å². The summed E-state index contributed by atoms with van der Waals surface area (Å²) in [6.45, 7) is 8.41. The monoisotopic (exact) mass is 269 g/mol. The molecule has 0 saturated carbocycles. The van der Waals surface area contributed by atoms with Crippen LogP contribution in [0.3, 0.4) is 0 Å². The maximum Gasteiger partial charge on any atom is 0.232 e. The molecule has 0 heterocycles. The van der Waals surface area contributed by atoms with E-state index in [0.717, 1.165) is 6.42 Å². The number of rotatable bonds is 5. The fourth-order valence-electron chi connectivity index (χ4n) is 1.80. The van der Waals surface area contributed by atoms with E-state index in [1.54, 1.807) is 0 Å². The van der Waals surface area contributed by atoms with E-state index < -0.39 is 10.0 Å². The lowest BCUT2D eigenvalue weighted by Gasteiger charge is -2.18. The molecular weight excluding hydrogens is 246 g/mol. The van der Waals surface area contributed by atoms with E-state index in [1.807, 2.05) is 31.2 Å². The lowest BCUT2D eigenvalue weighted by atomic mass is 9.88. The van der Waals surface area contributed by atoms with Crippen molar-refractivity contribution in [3.05, 3.63) is 29.8 Å². The lowest BCUT2D eigenvalue weighted by molar-refractivity contribution is 0.411. The molecule has 0 spiro atoms. The Morgan fingerprint density at radius 1 is 1.11 bits per heavy atom. The van der Waals surface area contributed by atoms with E-state index in [-0.39, 0.29) is 11.2 Å². The molecule has 1 aromatic rings. The number of nitrogens with one attached hydrogen (secondary N) is 1. The minimum absolute atomic E-state index is 0.163. The van der Waals surface area contributed by atoms with Crippen molar-refractivity contribution in [1.29, 1.82) is 0 Å². The summed E-state index contributed by atoms with van der Waals surface area (Å²) in [6.07, 6.45) is 1.60. The standard InChI is InChI=1S/C14H23NO2S/c1-5-10-18(16,17)15-13-8-6-12(7-9-13)11-14(2,3)4/h6-9,15H,5,10-11H2,1-4H3. The third-order valence-corrected chi connectivity index (χ3v) is 3.93. The second-order valence-electron chi connectivity index (χ2n) is 5.86. The Balaban J connectivity index is 2.72. The smallest absolute Gasteiger partial charge is 0.232 e. The van der Waals surface area contributed by atoms with Crippen LogP contribution in [0.4, 0.5) is 5.69 Å². The number of hydrogen-bond acceptors (Lipinski definition) is 2. The van der Waals surface area contributed by atoms with Gasteiger partial charge < -0.3 is 0 Å². The molecule has 0 aliphatic rings. The molecule has 0 unspecified atom stereocenters. The SMILES string of the molecule is CCCS(=O)(=O)Nc1ccc(CC(C)(C)C)cc1. The topological polar surface area (TPSA) is 46.2 Å². The zero-order chi connectivity index (χ0) is 13.8. The van der Waals surface area contributed by atoms with Gasteiger partial charge in [-0.05, 0) is 36.0 Å². The highest BCUT2D eigenvalue weighted by Crippen LogP contribution is 2.21. The number of anilines is 1. The van der Waals surface area contributed by atoms with Gasteiger partial charge in [0.1, 0.15) is 0 Å². The van der Waals surface area contributed by atoms with Gasteiger partial charge in [-0.15, -0.1) is 0 Å². The van der Waals surface area contributed by atoms with E-state index in [0.29, 0.717) is 12.1 Å². The minimum atomic E-state index is -3.18. The van der Waals surface area contributed by atoms with E-state index in [2.05, 4.69) is 25.5 Å². The molecule has 18 heavy (non-hydrogen) atoms. The van der Waals surface area contributed by atoms with E-state index in [4.69, 9.17) is 0 Å². The molecule has 0 amide bonds. The minimum Gasteiger partial charge on any atom is -0.284 e. The van der Waals surface area contributed by atoms with Crippen molar-refractivity contribution < 1.29 is 8.42 Å². The van der Waals surface area contributed by atoms with Gasteiger partial charge >= 0.3 is 0 Å². The zero-order valence-corrected chi connectivity index (χ0v) is 12.5. The number of sulfonamides is 1. The Kier molecular flexibility index (Phi) is 4.79. The van der Waals surface area contributed by atoms with Gasteiger partial charge in [-0.25, -0.2) is 8.42 Å². The highest BCUT2D eigenvalue weighted by Gasteiger charge is 2.12. The van der Waals surface area contributed by atoms with Crippen LogP contribution < -0.4 is 4.72 Å². The van der Waals surface area contributed by atoms with Crippen LogP contribution in [0.15, 0.2) is 24.3 Å². The fraction of sp³-hybridized carbons (Fsp3) is 0.571. The Labute approximate surface area is 111 Å². The van der Waals surface area contributed by atoms with Crippen LogP contribution in [0, 0.1) is 5.41 Å². The molecule has 1 aromatic carbocycles. The average Bonchev–Trinajstić information content (AvgIpc) is 2.18. The molecule has 0 aromatic heterocycles. The molecule has 0 aliphatic carbocycles. The molecule has 0 aliphatic heterocycles. The second kappa shape index (κ2) is 5.74. The Morgan fingerprint density at radius 3 is 2.11 bits per heavy atom. The van der Waals surface area contributed by atoms with Crippen LogP contribution in [-0.4, -0.2) is 14.2 Å². The predicted octanol–water partition coefficient (Wildman–Crippen LogP) is 3.43. The molecular formula is C14H23NO2S. The summed E-state index contributed by atoms with van der Waals surface area (Å²) in [6, 6.07) is 7.62. The number of benzene rings is 1. The van der Waals surface area contributed by atoms with Crippen molar-refractivity contribution in [2.75, 3.05) is 10.5 Å². The van der Waals surface area contributed by atoms with Crippen LogP contribution in [-0.2, 0) is 16.4 Å². The molecule has 102 valence electrons. The molecule has 0 radical (unpaired) electrons. The first-order valence-electron chi connectivity index (χ1n) is 6.31. The van der Waals surface area contributed by atoms with Crippen molar-refractivity contribution >= 4 is 15.7 Å². The predicted molar refractivity (Wildman–Crippen MR) is 77.3 cm³/mol. The molecule has 0 bridgehead atoms. The van der Waals surface area contributed by atoms with Crippen molar-refractivity contribution in [3.8, 4) is 0 Å². The molecule has 0 atom stereocenters. The lowest BCUT2D eigenvalue weighted by Crippen LogP contribution is -2.16. The van der Waals surface area contributed by atoms with Gasteiger partial charge in [-0.2, -0.15) is 0 Å². The Bertz CT molecular complexity index is 470. The average molecular weight is 269 g/mol. The third kappa shape index (κ3) is 5.54. The summed E-state index contributed by atoms with van der Waals surface area (Å²) < 4.78 is 25.8. The molecule has 0 fully saturated rings. The van der Waals surface area contributed by atoms with Gasteiger partial charge in [0, 0.05) is 5.69 Å². The highest BCUT2D eigenvalue weighted by atomic mass is 32.2. The maximum absolute atomic E-state index is 11.6. The maximum atomic E-state index is 11.6. The van der Waals surface area contributed by atoms with E-state index in [1.165, 1.54) is 5.56 Å². The van der Waals surface area contributed by atoms with Crippen molar-refractivity contribution in [3.63, 3.8) is 0 Å². The normalized spacial score (nSPS) is 12.4. The quantitative estimate of drug-likeness (QED) is 0.890. The van der Waals surface area contributed by atoms with Crippen LogP contribution >= 0.6 is 0 Å². The highest BCUT2D eigenvalue weighted by molar-refractivity contribution is 7.92. The van der Waals surface area contributed by atoms with Crippen LogP contribution in [0.25, 0.3) is 0 Å². The van der Waals surface area contributed by atoms with Gasteiger partial charge in [-0.1, -0.05) is 39.8 Å². The summed E-state index contributed by atoms with van der Waals surface area (Å²) in [5, 5.41) is 0. The van der Waals surface area contributed by atoms with Gasteiger partial charge in [0.25, 0.3) is 0 Å². The van der Waals surface area contributed by atoms with Crippen LogP contribution in [0.2, 0.25) is 0 Å². The first-order chi connectivity index (χ1) is 8.22. The van der Waals surface area contributed by atoms with E-state index >= 15 is 0 Å². The molecule has 3 nitrogen and oxygen atoms in total. The largest absolute Gasteiger partial charge is 0.284 e. The summed E-state index contributed by atoms with van der Waals surface area (Å²) in [7, 11) is -3.18. The second-order valence-corrected chi connectivity index (χ2v) is 7.70. The van der Waals surface area contributed by atoms with Gasteiger partial charge in [-0.3, -0.25) is 4.72 Å². The summed E-state index contributed by atoms with van der Waals surface area (Å²) >= 11 is 0. The molecule has 4 heteroatoms. The molecule has 1 N–H and O–H groups in total.